The van der Waals surface area contributed by atoms with Crippen molar-refractivity contribution in [1.82, 2.24) is 0 Å². The molecule has 0 bridgehead atoms. The minimum atomic E-state index is -1.40. The lowest BCUT2D eigenvalue weighted by atomic mass is 9.87. The van der Waals surface area contributed by atoms with Crippen molar-refractivity contribution in [3.63, 3.8) is 0 Å². The largest absolute Gasteiger partial charge is 0.486 e. The Balaban J connectivity index is 1.65. The van der Waals surface area contributed by atoms with Crippen LogP contribution in [0.2, 0.25) is 0 Å². The van der Waals surface area contributed by atoms with E-state index >= 15 is 0 Å². The van der Waals surface area contributed by atoms with Crippen molar-refractivity contribution in [2.45, 2.75) is 56.7 Å². The van der Waals surface area contributed by atoms with Crippen LogP contribution in [0.3, 0.4) is 0 Å². The fourth-order valence-electron chi connectivity index (χ4n) is 4.31. The molecule has 1 saturated heterocycles. The van der Waals surface area contributed by atoms with Crippen LogP contribution < -0.4 is 9.47 Å². The Morgan fingerprint density at radius 3 is 2.35 bits per heavy atom. The topological polar surface area (TPSA) is 109 Å². The van der Waals surface area contributed by atoms with E-state index in [4.69, 9.17) is 14.2 Å². The molecule has 4 rings (SSSR count). The predicted molar refractivity (Wildman–Crippen MR) is 113 cm³/mol. The second-order valence-corrected chi connectivity index (χ2v) is 8.52. The minimum absolute atomic E-state index is 0.288. The summed E-state index contributed by atoms with van der Waals surface area (Å²) < 4.78 is 17.1. The Morgan fingerprint density at radius 2 is 1.65 bits per heavy atom. The highest BCUT2D eigenvalue weighted by molar-refractivity contribution is 5.46. The lowest BCUT2D eigenvalue weighted by Gasteiger charge is -2.40. The van der Waals surface area contributed by atoms with Crippen LogP contribution in [0.25, 0.3) is 0 Å². The van der Waals surface area contributed by atoms with E-state index in [9.17, 15) is 20.4 Å². The number of fused-ring (bicyclic) bond motifs is 1. The molecule has 1 fully saturated rings. The first-order chi connectivity index (χ1) is 14.9. The molecule has 0 aromatic heterocycles. The number of aliphatic hydroxyl groups is 4. The van der Waals surface area contributed by atoms with Gasteiger partial charge in [0.15, 0.2) is 11.5 Å². The fraction of sp³-hybridized carbons (Fsp3) is 0.500. The first-order valence-corrected chi connectivity index (χ1v) is 10.7. The van der Waals surface area contributed by atoms with Crippen LogP contribution in [0.1, 0.15) is 48.1 Å². The Labute approximate surface area is 181 Å². The zero-order valence-electron chi connectivity index (χ0n) is 17.8. The van der Waals surface area contributed by atoms with Crippen molar-refractivity contribution in [1.29, 1.82) is 0 Å². The minimum Gasteiger partial charge on any atom is -0.486 e. The molecule has 7 nitrogen and oxygen atoms in total. The summed E-state index contributed by atoms with van der Waals surface area (Å²) in [5.41, 5.74) is 4.00. The third kappa shape index (κ3) is 4.42. The maximum absolute atomic E-state index is 10.5. The van der Waals surface area contributed by atoms with Crippen molar-refractivity contribution in [3.05, 3.63) is 58.7 Å². The van der Waals surface area contributed by atoms with Crippen LogP contribution >= 0.6 is 0 Å². The van der Waals surface area contributed by atoms with E-state index in [1.54, 1.807) is 0 Å². The van der Waals surface area contributed by atoms with Gasteiger partial charge in [0.05, 0.1) is 6.61 Å². The zero-order valence-corrected chi connectivity index (χ0v) is 17.8. The number of hydrogen-bond acceptors (Lipinski definition) is 7. The van der Waals surface area contributed by atoms with Gasteiger partial charge in [-0.2, -0.15) is 0 Å². The first kappa shape index (κ1) is 22.0. The van der Waals surface area contributed by atoms with E-state index in [1.165, 1.54) is 5.56 Å². The molecule has 2 heterocycles. The van der Waals surface area contributed by atoms with Crippen molar-refractivity contribution in [2.75, 3.05) is 19.8 Å². The van der Waals surface area contributed by atoms with Crippen LogP contribution in [-0.4, -0.2) is 64.7 Å². The zero-order chi connectivity index (χ0) is 22.1. The van der Waals surface area contributed by atoms with E-state index in [1.807, 2.05) is 36.4 Å². The average Bonchev–Trinajstić information content (AvgIpc) is 2.77. The Bertz CT molecular complexity index is 911. The van der Waals surface area contributed by atoms with E-state index in [2.05, 4.69) is 13.8 Å². The number of benzene rings is 2. The second-order valence-electron chi connectivity index (χ2n) is 8.52. The van der Waals surface area contributed by atoms with Gasteiger partial charge in [-0.05, 0) is 46.7 Å². The smallest absolute Gasteiger partial charge is 0.161 e. The molecule has 0 unspecified atom stereocenters. The van der Waals surface area contributed by atoms with E-state index in [0.29, 0.717) is 25.2 Å². The fourth-order valence-corrected chi connectivity index (χ4v) is 4.31. The summed E-state index contributed by atoms with van der Waals surface area (Å²) >= 11 is 0. The molecule has 0 spiro atoms. The molecule has 0 amide bonds. The number of aliphatic hydroxyl groups excluding tert-OH is 4. The van der Waals surface area contributed by atoms with Gasteiger partial charge in [0.1, 0.15) is 43.7 Å². The molecule has 2 aromatic rings. The van der Waals surface area contributed by atoms with Crippen LogP contribution in [0.15, 0.2) is 36.4 Å². The third-order valence-electron chi connectivity index (χ3n) is 6.01. The number of ether oxygens (including phenoxy) is 3. The molecule has 31 heavy (non-hydrogen) atoms. The van der Waals surface area contributed by atoms with E-state index in [-0.39, 0.29) is 5.92 Å². The van der Waals surface area contributed by atoms with Crippen LogP contribution in [0.4, 0.5) is 0 Å². The third-order valence-corrected chi connectivity index (χ3v) is 6.01. The van der Waals surface area contributed by atoms with E-state index in [0.717, 1.165) is 22.6 Å². The highest BCUT2D eigenvalue weighted by atomic mass is 16.6. The normalized spacial score (nSPS) is 28.0. The summed E-state index contributed by atoms with van der Waals surface area (Å²) in [6.07, 6.45) is -5.21. The standard InChI is InChI=1S/C24H30O7/c1-13(2)17-5-4-15(24-23(28)22(27)21(26)20(12-25)31-24)11-16(17)9-14-3-6-18-19(10-14)30-8-7-29-18/h3-6,10-11,13,20-28H,7-9,12H2,1-2H3/t20-,21-,22+,23-,24+/m1/s1. The summed E-state index contributed by atoms with van der Waals surface area (Å²) in [7, 11) is 0. The van der Waals surface area contributed by atoms with Crippen molar-refractivity contribution >= 4 is 0 Å². The van der Waals surface area contributed by atoms with Crippen molar-refractivity contribution < 1.29 is 34.6 Å². The Hall–Kier alpha value is -2.16. The van der Waals surface area contributed by atoms with Gasteiger partial charge in [-0.3, -0.25) is 0 Å². The predicted octanol–water partition coefficient (Wildman–Crippen LogP) is 1.69. The first-order valence-electron chi connectivity index (χ1n) is 10.7. The molecule has 2 aliphatic rings. The summed E-state index contributed by atoms with van der Waals surface area (Å²) in [5, 5.41) is 40.3. The lowest BCUT2D eigenvalue weighted by molar-refractivity contribution is -0.231. The molecular formula is C24H30O7. The van der Waals surface area contributed by atoms with Gasteiger partial charge in [-0.1, -0.05) is 38.1 Å². The molecule has 168 valence electrons. The van der Waals surface area contributed by atoms with Crippen LogP contribution in [-0.2, 0) is 11.2 Å². The summed E-state index contributed by atoms with van der Waals surface area (Å²) in [4.78, 5) is 0. The van der Waals surface area contributed by atoms with Gasteiger partial charge in [0, 0.05) is 0 Å². The SMILES string of the molecule is CC(C)c1ccc([C@@H]2O[C@H](CO)[C@@H](O)[C@H](O)[C@H]2O)cc1Cc1ccc2c(c1)OCCO2. The molecule has 0 aliphatic carbocycles. The number of hydrogen-bond donors (Lipinski definition) is 4. The summed E-state index contributed by atoms with van der Waals surface area (Å²) in [6.45, 7) is 4.87. The average molecular weight is 430 g/mol. The molecule has 0 saturated carbocycles. The molecule has 7 heteroatoms. The van der Waals surface area contributed by atoms with Crippen molar-refractivity contribution in [3.8, 4) is 11.5 Å². The summed E-state index contributed by atoms with van der Waals surface area (Å²) in [6, 6.07) is 11.8. The van der Waals surface area contributed by atoms with Crippen LogP contribution in [0, 0.1) is 0 Å². The second kappa shape index (κ2) is 9.14. The maximum Gasteiger partial charge on any atom is 0.161 e. The Kier molecular flexibility index (Phi) is 6.50. The molecule has 0 radical (unpaired) electrons. The molecule has 5 atom stereocenters. The van der Waals surface area contributed by atoms with Crippen molar-refractivity contribution in [2.24, 2.45) is 0 Å². The summed E-state index contributed by atoms with van der Waals surface area (Å²) in [5.74, 6) is 1.77. The van der Waals surface area contributed by atoms with Crippen LogP contribution in [0.5, 0.6) is 11.5 Å². The van der Waals surface area contributed by atoms with Gasteiger partial charge in [0.25, 0.3) is 0 Å². The van der Waals surface area contributed by atoms with Gasteiger partial charge in [-0.25, -0.2) is 0 Å². The molecular weight excluding hydrogens is 400 g/mol. The van der Waals surface area contributed by atoms with Gasteiger partial charge in [0.2, 0.25) is 0 Å². The molecule has 2 aromatic carbocycles. The quantitative estimate of drug-likeness (QED) is 0.572. The van der Waals surface area contributed by atoms with Gasteiger partial charge >= 0.3 is 0 Å². The van der Waals surface area contributed by atoms with E-state index < -0.39 is 37.1 Å². The number of rotatable bonds is 5. The highest BCUT2D eigenvalue weighted by Gasteiger charge is 2.44. The maximum atomic E-state index is 10.5. The Morgan fingerprint density at radius 1 is 0.903 bits per heavy atom. The lowest BCUT2D eigenvalue weighted by Crippen LogP contribution is -2.55. The molecule has 2 aliphatic heterocycles. The molecule has 4 N–H and O–H groups in total. The van der Waals surface area contributed by atoms with Gasteiger partial charge in [-0.15, -0.1) is 0 Å². The van der Waals surface area contributed by atoms with Gasteiger partial charge < -0.3 is 34.6 Å². The highest BCUT2D eigenvalue weighted by Crippen LogP contribution is 2.36. The monoisotopic (exact) mass is 430 g/mol.